The second-order valence-electron chi connectivity index (χ2n) is 5.45. The van der Waals surface area contributed by atoms with E-state index in [4.69, 9.17) is 44.3 Å². The van der Waals surface area contributed by atoms with Crippen molar-refractivity contribution < 1.29 is 14.3 Å². The minimum absolute atomic E-state index is 0.221. The van der Waals surface area contributed by atoms with Crippen LogP contribution in [-0.2, 0) is 0 Å². The average molecular weight is 403 g/mol. The highest BCUT2D eigenvalue weighted by Crippen LogP contribution is 2.37. The molecule has 2 aromatic rings. The summed E-state index contributed by atoms with van der Waals surface area (Å²) >= 11 is 18.4. The van der Waals surface area contributed by atoms with Crippen LogP contribution in [0.1, 0.15) is 28.9 Å². The summed E-state index contributed by atoms with van der Waals surface area (Å²) in [5.41, 5.74) is 1.19. The van der Waals surface area contributed by atoms with Crippen LogP contribution in [-0.4, -0.2) is 32.1 Å². The maximum Gasteiger partial charge on any atom is 0.254 e. The second-order valence-corrected chi connectivity index (χ2v) is 6.70. The molecule has 0 radical (unpaired) electrons. The van der Waals surface area contributed by atoms with Gasteiger partial charge in [0.15, 0.2) is 11.5 Å². The molecule has 1 amide bonds. The molecule has 2 aromatic carbocycles. The van der Waals surface area contributed by atoms with Crippen LogP contribution in [0.15, 0.2) is 30.3 Å². The molecule has 134 valence electrons. The van der Waals surface area contributed by atoms with Crippen molar-refractivity contribution in [3.63, 3.8) is 0 Å². The number of hydrogen-bond donors (Lipinski definition) is 0. The number of rotatable bonds is 5. The number of ether oxygens (including phenoxy) is 2. The summed E-state index contributed by atoms with van der Waals surface area (Å²) in [5, 5.41) is 1.35. The lowest BCUT2D eigenvalue weighted by Gasteiger charge is -2.26. The van der Waals surface area contributed by atoms with Crippen molar-refractivity contribution in [3.8, 4) is 11.5 Å². The van der Waals surface area contributed by atoms with Gasteiger partial charge in [0.1, 0.15) is 0 Å². The Balaban J connectivity index is 2.35. The van der Waals surface area contributed by atoms with Crippen molar-refractivity contribution in [1.29, 1.82) is 0 Å². The average Bonchev–Trinajstić information content (AvgIpc) is 2.59. The lowest BCUT2D eigenvalue weighted by atomic mass is 10.1. The topological polar surface area (TPSA) is 38.8 Å². The predicted octanol–water partition coefficient (Wildman–Crippen LogP) is 5.50. The largest absolute Gasteiger partial charge is 0.493 e. The fraction of sp³-hybridized carbons (Fsp3) is 0.278. The Kier molecular flexibility index (Phi) is 6.44. The number of nitrogens with zero attached hydrogens (tertiary/aromatic N) is 1. The van der Waals surface area contributed by atoms with Crippen molar-refractivity contribution in [1.82, 2.24) is 4.90 Å². The Morgan fingerprint density at radius 2 is 1.72 bits per heavy atom. The van der Waals surface area contributed by atoms with Gasteiger partial charge in [-0.1, -0.05) is 40.9 Å². The molecule has 0 aliphatic rings. The van der Waals surface area contributed by atoms with Gasteiger partial charge in [-0.3, -0.25) is 4.79 Å². The molecule has 1 atom stereocenters. The van der Waals surface area contributed by atoms with Gasteiger partial charge in [-0.2, -0.15) is 0 Å². The van der Waals surface area contributed by atoms with E-state index in [9.17, 15) is 4.79 Å². The van der Waals surface area contributed by atoms with Crippen molar-refractivity contribution in [3.05, 3.63) is 56.5 Å². The predicted molar refractivity (Wildman–Crippen MR) is 102 cm³/mol. The summed E-state index contributed by atoms with van der Waals surface area (Å²) in [7, 11) is 4.67. The van der Waals surface area contributed by atoms with Crippen molar-refractivity contribution in [2.75, 3.05) is 21.3 Å². The fourth-order valence-electron chi connectivity index (χ4n) is 2.47. The van der Waals surface area contributed by atoms with Crippen LogP contribution < -0.4 is 9.47 Å². The molecule has 0 bridgehead atoms. The van der Waals surface area contributed by atoms with Gasteiger partial charge in [-0.05, 0) is 36.8 Å². The first kappa shape index (κ1) is 19.7. The van der Waals surface area contributed by atoms with E-state index in [0.29, 0.717) is 32.1 Å². The van der Waals surface area contributed by atoms with Crippen molar-refractivity contribution in [2.24, 2.45) is 0 Å². The third-order valence-electron chi connectivity index (χ3n) is 3.99. The SMILES string of the molecule is COc1cc(C(=O)N(C)C(C)c2ccc(Cl)cc2Cl)cc(Cl)c1OC. The van der Waals surface area contributed by atoms with Crippen LogP contribution in [0.3, 0.4) is 0 Å². The highest BCUT2D eigenvalue weighted by molar-refractivity contribution is 6.35. The third kappa shape index (κ3) is 4.14. The highest BCUT2D eigenvalue weighted by Gasteiger charge is 2.23. The first-order valence-electron chi connectivity index (χ1n) is 7.43. The normalized spacial score (nSPS) is 11.8. The van der Waals surface area contributed by atoms with Gasteiger partial charge in [0.05, 0.1) is 25.3 Å². The Hall–Kier alpha value is -1.62. The molecular weight excluding hydrogens is 385 g/mol. The minimum Gasteiger partial charge on any atom is -0.493 e. The van der Waals surface area contributed by atoms with E-state index < -0.39 is 0 Å². The van der Waals surface area contributed by atoms with E-state index in [1.54, 1.807) is 42.3 Å². The summed E-state index contributed by atoms with van der Waals surface area (Å²) in [6.07, 6.45) is 0. The summed E-state index contributed by atoms with van der Waals surface area (Å²) in [5.74, 6) is 0.558. The molecule has 0 saturated heterocycles. The van der Waals surface area contributed by atoms with Gasteiger partial charge in [0, 0.05) is 22.7 Å². The van der Waals surface area contributed by atoms with E-state index in [1.165, 1.54) is 14.2 Å². The van der Waals surface area contributed by atoms with Gasteiger partial charge < -0.3 is 14.4 Å². The lowest BCUT2D eigenvalue weighted by molar-refractivity contribution is 0.0742. The number of hydrogen-bond acceptors (Lipinski definition) is 3. The fourth-order valence-corrected chi connectivity index (χ4v) is 3.32. The number of benzene rings is 2. The highest BCUT2D eigenvalue weighted by atomic mass is 35.5. The molecule has 4 nitrogen and oxygen atoms in total. The van der Waals surface area contributed by atoms with Crippen LogP contribution in [0.4, 0.5) is 0 Å². The van der Waals surface area contributed by atoms with E-state index in [1.807, 2.05) is 6.92 Å². The standard InChI is InChI=1S/C18H18Cl3NO3/c1-10(13-6-5-12(19)9-14(13)20)22(2)18(23)11-7-15(21)17(25-4)16(8-11)24-3/h5-10H,1-4H3. The Bertz CT molecular complexity index is 795. The molecule has 0 N–H and O–H groups in total. The molecule has 1 unspecified atom stereocenters. The molecule has 0 saturated carbocycles. The number of methoxy groups -OCH3 is 2. The summed E-state index contributed by atoms with van der Waals surface area (Å²) in [4.78, 5) is 14.4. The van der Waals surface area contributed by atoms with Crippen molar-refractivity contribution in [2.45, 2.75) is 13.0 Å². The van der Waals surface area contributed by atoms with Gasteiger partial charge in [0.25, 0.3) is 5.91 Å². The van der Waals surface area contributed by atoms with Gasteiger partial charge in [0.2, 0.25) is 0 Å². The number of carbonyl (C=O) groups is 1. The molecular formula is C18H18Cl3NO3. The molecule has 0 aromatic heterocycles. The van der Waals surface area contributed by atoms with E-state index >= 15 is 0 Å². The second kappa shape index (κ2) is 8.17. The smallest absolute Gasteiger partial charge is 0.254 e. The zero-order valence-electron chi connectivity index (χ0n) is 14.3. The Morgan fingerprint density at radius 3 is 2.28 bits per heavy atom. The third-order valence-corrected chi connectivity index (χ3v) is 4.84. The van der Waals surface area contributed by atoms with Gasteiger partial charge in [-0.25, -0.2) is 0 Å². The van der Waals surface area contributed by atoms with Gasteiger partial charge in [-0.15, -0.1) is 0 Å². The van der Waals surface area contributed by atoms with Crippen LogP contribution >= 0.6 is 34.8 Å². The Labute approximate surface area is 162 Å². The quantitative estimate of drug-likeness (QED) is 0.663. The van der Waals surface area contributed by atoms with E-state index in [2.05, 4.69) is 0 Å². The molecule has 2 rings (SSSR count). The van der Waals surface area contributed by atoms with Crippen LogP contribution in [0.25, 0.3) is 0 Å². The molecule has 0 heterocycles. The number of amides is 1. The molecule has 0 aliphatic heterocycles. The molecule has 0 spiro atoms. The maximum absolute atomic E-state index is 12.9. The summed E-state index contributed by atoms with van der Waals surface area (Å²) in [6.45, 7) is 1.88. The lowest BCUT2D eigenvalue weighted by Crippen LogP contribution is -2.29. The van der Waals surface area contributed by atoms with Gasteiger partial charge >= 0.3 is 0 Å². The summed E-state index contributed by atoms with van der Waals surface area (Å²) < 4.78 is 10.4. The first-order chi connectivity index (χ1) is 11.8. The van der Waals surface area contributed by atoms with Crippen LogP contribution in [0, 0.1) is 0 Å². The van der Waals surface area contributed by atoms with E-state index in [0.717, 1.165) is 5.56 Å². The van der Waals surface area contributed by atoms with E-state index in [-0.39, 0.29) is 11.9 Å². The molecule has 0 aliphatic carbocycles. The minimum atomic E-state index is -0.260. The zero-order chi connectivity index (χ0) is 18.7. The molecule has 25 heavy (non-hydrogen) atoms. The molecule has 0 fully saturated rings. The number of carbonyl (C=O) groups excluding carboxylic acids is 1. The van der Waals surface area contributed by atoms with Crippen LogP contribution in [0.2, 0.25) is 15.1 Å². The van der Waals surface area contributed by atoms with Crippen LogP contribution in [0.5, 0.6) is 11.5 Å². The molecule has 7 heteroatoms. The van der Waals surface area contributed by atoms with Crippen molar-refractivity contribution >= 4 is 40.7 Å². The number of halogens is 3. The Morgan fingerprint density at radius 1 is 1.04 bits per heavy atom. The maximum atomic E-state index is 12.9. The monoisotopic (exact) mass is 401 g/mol. The zero-order valence-corrected chi connectivity index (χ0v) is 16.5. The first-order valence-corrected chi connectivity index (χ1v) is 8.57. The summed E-state index contributed by atoms with van der Waals surface area (Å²) in [6, 6.07) is 8.09.